The number of thiophene rings is 1. The van der Waals surface area contributed by atoms with E-state index >= 15 is 0 Å². The third-order valence-corrected chi connectivity index (χ3v) is 1.90. The largest absolute Gasteiger partial charge is 0.504 e. The van der Waals surface area contributed by atoms with Gasteiger partial charge in [0.05, 0.1) is 0 Å². The molecule has 62 valence electrons. The number of nitrogens with two attached hydrogens (primary N) is 1. The van der Waals surface area contributed by atoms with Crippen molar-refractivity contribution in [2.45, 2.75) is 6.18 Å². The summed E-state index contributed by atoms with van der Waals surface area (Å²) in [5.41, 5.74) is 3.94. The lowest BCUT2D eigenvalue weighted by Crippen LogP contribution is -2.02. The highest BCUT2D eigenvalue weighted by molar-refractivity contribution is 7.14. The summed E-state index contributed by atoms with van der Waals surface area (Å²) in [6, 6.07) is 0. The van der Waals surface area contributed by atoms with Gasteiger partial charge >= 0.3 is 6.18 Å². The number of aromatic hydroxyl groups is 1. The second-order valence-electron chi connectivity index (χ2n) is 1.86. The lowest BCUT2D eigenvalue weighted by Gasteiger charge is -2.02. The molecule has 0 fully saturated rings. The number of nitrogen functional groups attached to an aromatic ring is 1. The Hall–Kier alpha value is -0.910. The first-order valence-corrected chi connectivity index (χ1v) is 3.44. The molecule has 0 aliphatic heterocycles. The maximum absolute atomic E-state index is 11.9. The fraction of sp³-hybridized carbons (Fsp3) is 0.200. The minimum Gasteiger partial charge on any atom is -0.504 e. The Morgan fingerprint density at radius 3 is 2.18 bits per heavy atom. The van der Waals surface area contributed by atoms with Gasteiger partial charge in [-0.25, -0.2) is 0 Å². The molecule has 6 heteroatoms. The number of anilines is 1. The zero-order valence-corrected chi connectivity index (χ0v) is 5.96. The molecule has 0 spiro atoms. The molecule has 0 aliphatic rings. The SMILES string of the molecule is Nc1scc(C(F)(F)F)c1O. The number of hydrogen-bond donors (Lipinski definition) is 2. The summed E-state index contributed by atoms with van der Waals surface area (Å²) in [5.74, 6) is -0.873. The maximum Gasteiger partial charge on any atom is 0.420 e. The highest BCUT2D eigenvalue weighted by Gasteiger charge is 2.35. The number of halogens is 3. The van der Waals surface area contributed by atoms with E-state index in [0.717, 1.165) is 5.38 Å². The van der Waals surface area contributed by atoms with Crippen LogP contribution in [0.3, 0.4) is 0 Å². The van der Waals surface area contributed by atoms with Crippen LogP contribution in [0.2, 0.25) is 0 Å². The first kappa shape index (κ1) is 8.19. The maximum atomic E-state index is 11.9. The van der Waals surface area contributed by atoms with Crippen LogP contribution in [-0.4, -0.2) is 5.11 Å². The molecule has 0 amide bonds. The van der Waals surface area contributed by atoms with Crippen molar-refractivity contribution in [3.63, 3.8) is 0 Å². The molecule has 1 heterocycles. The number of rotatable bonds is 0. The highest BCUT2D eigenvalue weighted by atomic mass is 32.1. The van der Waals surface area contributed by atoms with Gasteiger partial charge in [-0.3, -0.25) is 0 Å². The summed E-state index contributed by atoms with van der Waals surface area (Å²) in [7, 11) is 0. The molecule has 0 atom stereocenters. The third kappa shape index (κ3) is 1.40. The first-order valence-electron chi connectivity index (χ1n) is 2.56. The summed E-state index contributed by atoms with van der Waals surface area (Å²) in [6.07, 6.45) is -4.52. The van der Waals surface area contributed by atoms with Crippen molar-refractivity contribution in [1.82, 2.24) is 0 Å². The fourth-order valence-corrected chi connectivity index (χ4v) is 1.28. The standard InChI is InChI=1S/C5H4F3NOS/c6-5(7,8)2-1-11-4(9)3(2)10/h1,10H,9H2. The van der Waals surface area contributed by atoms with Gasteiger partial charge in [0.2, 0.25) is 0 Å². The van der Waals surface area contributed by atoms with Crippen LogP contribution < -0.4 is 5.73 Å². The first-order chi connectivity index (χ1) is 4.93. The van der Waals surface area contributed by atoms with E-state index in [1.807, 2.05) is 0 Å². The lowest BCUT2D eigenvalue weighted by molar-refractivity contribution is -0.138. The lowest BCUT2D eigenvalue weighted by atomic mass is 10.3. The van der Waals surface area contributed by atoms with E-state index in [-0.39, 0.29) is 5.00 Å². The summed E-state index contributed by atoms with van der Waals surface area (Å²) in [6.45, 7) is 0. The molecule has 0 unspecified atom stereocenters. The summed E-state index contributed by atoms with van der Waals surface area (Å²) in [4.78, 5) is 0. The van der Waals surface area contributed by atoms with Gasteiger partial charge in [0.1, 0.15) is 10.6 Å². The van der Waals surface area contributed by atoms with Gasteiger partial charge in [0.15, 0.2) is 5.75 Å². The number of hydrogen-bond acceptors (Lipinski definition) is 3. The molecule has 1 aromatic heterocycles. The van der Waals surface area contributed by atoms with E-state index in [4.69, 9.17) is 10.8 Å². The predicted octanol–water partition coefficient (Wildman–Crippen LogP) is 2.05. The molecule has 0 radical (unpaired) electrons. The van der Waals surface area contributed by atoms with Crippen molar-refractivity contribution in [1.29, 1.82) is 0 Å². The Balaban J connectivity index is 3.15. The van der Waals surface area contributed by atoms with Gasteiger partial charge in [-0.05, 0) is 0 Å². The molecular weight excluding hydrogens is 179 g/mol. The minimum atomic E-state index is -4.52. The van der Waals surface area contributed by atoms with Crippen LogP contribution in [0.5, 0.6) is 5.75 Å². The zero-order valence-electron chi connectivity index (χ0n) is 5.14. The van der Waals surface area contributed by atoms with Crippen molar-refractivity contribution < 1.29 is 18.3 Å². The predicted molar refractivity (Wildman–Crippen MR) is 35.4 cm³/mol. The molecule has 0 bridgehead atoms. The van der Waals surface area contributed by atoms with Gasteiger partial charge in [-0.1, -0.05) is 0 Å². The van der Waals surface area contributed by atoms with Crippen molar-refractivity contribution >= 4 is 16.3 Å². The van der Waals surface area contributed by atoms with E-state index < -0.39 is 17.5 Å². The second kappa shape index (κ2) is 2.30. The molecule has 0 aromatic carbocycles. The van der Waals surface area contributed by atoms with E-state index in [9.17, 15) is 13.2 Å². The normalized spacial score (nSPS) is 11.9. The van der Waals surface area contributed by atoms with Crippen molar-refractivity contribution in [2.75, 3.05) is 5.73 Å². The van der Waals surface area contributed by atoms with E-state index in [2.05, 4.69) is 0 Å². The summed E-state index contributed by atoms with van der Waals surface area (Å²) < 4.78 is 35.6. The Labute approximate surface area is 64.1 Å². The van der Waals surface area contributed by atoms with Gasteiger partial charge in [-0.2, -0.15) is 13.2 Å². The van der Waals surface area contributed by atoms with Crippen LogP contribution in [0.4, 0.5) is 18.2 Å². The molecule has 2 nitrogen and oxygen atoms in total. The quantitative estimate of drug-likeness (QED) is 0.646. The van der Waals surface area contributed by atoms with Crippen molar-refractivity contribution in [2.24, 2.45) is 0 Å². The molecule has 0 saturated carbocycles. The van der Waals surface area contributed by atoms with E-state index in [0.29, 0.717) is 11.3 Å². The van der Waals surface area contributed by atoms with Crippen LogP contribution >= 0.6 is 11.3 Å². The average Bonchev–Trinajstić information content (AvgIpc) is 2.11. The van der Waals surface area contributed by atoms with E-state index in [1.165, 1.54) is 0 Å². The molecular formula is C5H4F3NOS. The molecule has 1 rings (SSSR count). The topological polar surface area (TPSA) is 46.2 Å². The van der Waals surface area contributed by atoms with Crippen LogP contribution in [0.1, 0.15) is 5.56 Å². The summed E-state index contributed by atoms with van der Waals surface area (Å²) in [5, 5.41) is 9.31. The van der Waals surface area contributed by atoms with Gasteiger partial charge in [-0.15, -0.1) is 11.3 Å². The van der Waals surface area contributed by atoms with Gasteiger partial charge in [0.25, 0.3) is 0 Å². The van der Waals surface area contributed by atoms with Gasteiger partial charge in [0, 0.05) is 5.38 Å². The third-order valence-electron chi connectivity index (χ3n) is 1.10. The Morgan fingerprint density at radius 1 is 1.45 bits per heavy atom. The van der Waals surface area contributed by atoms with Crippen LogP contribution in [0.15, 0.2) is 5.38 Å². The van der Waals surface area contributed by atoms with Crippen molar-refractivity contribution in [3.05, 3.63) is 10.9 Å². The Morgan fingerprint density at radius 2 is 2.00 bits per heavy atom. The van der Waals surface area contributed by atoms with Crippen LogP contribution in [-0.2, 0) is 6.18 Å². The van der Waals surface area contributed by atoms with Crippen molar-refractivity contribution in [3.8, 4) is 5.75 Å². The molecule has 0 saturated heterocycles. The monoisotopic (exact) mass is 183 g/mol. The zero-order chi connectivity index (χ0) is 8.65. The average molecular weight is 183 g/mol. The smallest absolute Gasteiger partial charge is 0.420 e. The molecule has 0 aliphatic carbocycles. The highest BCUT2D eigenvalue weighted by Crippen LogP contribution is 2.42. The molecule has 11 heavy (non-hydrogen) atoms. The Kier molecular flexibility index (Phi) is 1.71. The number of alkyl halides is 3. The van der Waals surface area contributed by atoms with Crippen LogP contribution in [0, 0.1) is 0 Å². The minimum absolute atomic E-state index is 0.211. The molecule has 3 N–H and O–H groups in total. The summed E-state index contributed by atoms with van der Waals surface area (Å²) >= 11 is 0.666. The van der Waals surface area contributed by atoms with Crippen LogP contribution in [0.25, 0.3) is 0 Å². The Bertz CT molecular complexity index is 267. The second-order valence-corrected chi connectivity index (χ2v) is 2.77. The fourth-order valence-electron chi connectivity index (χ4n) is 0.568. The molecule has 1 aromatic rings. The van der Waals surface area contributed by atoms with Gasteiger partial charge < -0.3 is 10.8 Å². The van der Waals surface area contributed by atoms with E-state index in [1.54, 1.807) is 0 Å².